The van der Waals surface area contributed by atoms with Gasteiger partial charge in [-0.2, -0.15) is 0 Å². The van der Waals surface area contributed by atoms with Crippen molar-refractivity contribution >= 4 is 24.8 Å². The van der Waals surface area contributed by atoms with Crippen LogP contribution < -0.4 is 16.8 Å². The molecule has 0 aliphatic carbocycles. The first kappa shape index (κ1) is 27.3. The van der Waals surface area contributed by atoms with Gasteiger partial charge in [-0.15, -0.1) is 0 Å². The van der Waals surface area contributed by atoms with Crippen LogP contribution in [0.15, 0.2) is 48.9 Å². The van der Waals surface area contributed by atoms with Crippen LogP contribution in [0.5, 0.6) is 0 Å². The number of nitrogens with one attached hydrogen (secondary N) is 1. The molecule has 1 aromatic carbocycles. The van der Waals surface area contributed by atoms with Crippen LogP contribution in [0.2, 0.25) is 5.82 Å². The lowest BCUT2D eigenvalue weighted by Crippen LogP contribution is -2.64. The van der Waals surface area contributed by atoms with Crippen LogP contribution in [0, 0.1) is 0 Å². The van der Waals surface area contributed by atoms with E-state index >= 15 is 0 Å². The standard InChI is InChI=1S/C25H34BN5O5/c1-23(2)24(3,4)36-26(35-23)19(12-8-11-17-9-6-5-7-10-17)25(22(28)34,15-20(27)32)31-21(33)18-16-29-13-14-30-18/h5-7,9-10,13-14,16,19H,8,11-12,15H2,1-4H3,(H2,27,32)(H2,28,34)(H,31,33)/t19-,25?/m1/s1. The van der Waals surface area contributed by atoms with Crippen molar-refractivity contribution in [1.82, 2.24) is 15.3 Å². The Kier molecular flexibility index (Phi) is 8.15. The molecule has 1 unspecified atom stereocenters. The zero-order valence-corrected chi connectivity index (χ0v) is 21.2. The molecular formula is C25H34BN5O5. The third-order valence-electron chi connectivity index (χ3n) is 7.08. The first-order valence-electron chi connectivity index (χ1n) is 11.9. The van der Waals surface area contributed by atoms with Crippen molar-refractivity contribution in [2.45, 2.75) is 75.9 Å². The molecule has 2 heterocycles. The van der Waals surface area contributed by atoms with E-state index in [0.717, 1.165) is 5.56 Å². The van der Waals surface area contributed by atoms with E-state index < -0.39 is 53.8 Å². The van der Waals surface area contributed by atoms with Crippen molar-refractivity contribution in [3.63, 3.8) is 0 Å². The van der Waals surface area contributed by atoms with Gasteiger partial charge in [0.25, 0.3) is 5.91 Å². The normalized spacial score (nSPS) is 18.7. The molecule has 0 radical (unpaired) electrons. The number of amides is 3. The van der Waals surface area contributed by atoms with Gasteiger partial charge in [0.05, 0.1) is 23.8 Å². The molecule has 0 bridgehead atoms. The lowest BCUT2D eigenvalue weighted by molar-refractivity contribution is -0.129. The predicted octanol–water partition coefficient (Wildman–Crippen LogP) is 1.79. The fourth-order valence-electron chi connectivity index (χ4n) is 4.40. The Hall–Kier alpha value is -3.31. The zero-order valence-electron chi connectivity index (χ0n) is 21.2. The Morgan fingerprint density at radius 2 is 1.69 bits per heavy atom. The van der Waals surface area contributed by atoms with Gasteiger partial charge in [0, 0.05) is 18.2 Å². The van der Waals surface area contributed by atoms with Gasteiger partial charge in [0.2, 0.25) is 11.8 Å². The highest BCUT2D eigenvalue weighted by atomic mass is 16.7. The highest BCUT2D eigenvalue weighted by Gasteiger charge is 2.60. The second-order valence-electron chi connectivity index (χ2n) is 10.1. The van der Waals surface area contributed by atoms with E-state index in [1.54, 1.807) is 0 Å². The summed E-state index contributed by atoms with van der Waals surface area (Å²) in [6.45, 7) is 7.52. The molecule has 1 fully saturated rings. The van der Waals surface area contributed by atoms with E-state index in [4.69, 9.17) is 20.8 Å². The number of aromatic nitrogens is 2. The van der Waals surface area contributed by atoms with E-state index in [-0.39, 0.29) is 5.69 Å². The Bertz CT molecular complexity index is 1070. The van der Waals surface area contributed by atoms with Crippen molar-refractivity contribution < 1.29 is 23.7 Å². The maximum absolute atomic E-state index is 13.2. The van der Waals surface area contributed by atoms with Crippen LogP contribution in [-0.2, 0) is 25.3 Å². The molecule has 3 amide bonds. The predicted molar refractivity (Wildman–Crippen MR) is 134 cm³/mol. The van der Waals surface area contributed by atoms with E-state index in [1.165, 1.54) is 18.6 Å². The number of nitrogens with two attached hydrogens (primary N) is 2. The molecule has 2 aromatic rings. The molecule has 3 rings (SSSR count). The largest absolute Gasteiger partial charge is 0.464 e. The van der Waals surface area contributed by atoms with Gasteiger partial charge < -0.3 is 26.1 Å². The molecule has 11 heteroatoms. The third-order valence-corrected chi connectivity index (χ3v) is 7.08. The van der Waals surface area contributed by atoms with Crippen molar-refractivity contribution in [1.29, 1.82) is 0 Å². The minimum atomic E-state index is -1.89. The molecule has 1 aromatic heterocycles. The molecular weight excluding hydrogens is 461 g/mol. The highest BCUT2D eigenvalue weighted by molar-refractivity contribution is 6.49. The van der Waals surface area contributed by atoms with Gasteiger partial charge in [-0.25, -0.2) is 4.98 Å². The summed E-state index contributed by atoms with van der Waals surface area (Å²) in [6, 6.07) is 9.84. The van der Waals surface area contributed by atoms with Crippen LogP contribution in [0.3, 0.4) is 0 Å². The molecule has 192 valence electrons. The molecule has 1 aliphatic heterocycles. The fraction of sp³-hybridized carbons (Fsp3) is 0.480. The maximum Gasteiger partial charge on any atom is 0.464 e. The van der Waals surface area contributed by atoms with Crippen LogP contribution in [0.4, 0.5) is 0 Å². The number of rotatable bonds is 11. The monoisotopic (exact) mass is 495 g/mol. The second kappa shape index (κ2) is 10.8. The average molecular weight is 495 g/mol. The quantitative estimate of drug-likeness (QED) is 0.401. The van der Waals surface area contributed by atoms with Crippen LogP contribution in [-0.4, -0.2) is 51.5 Å². The summed E-state index contributed by atoms with van der Waals surface area (Å²) in [6.07, 6.45) is 5.13. The summed E-state index contributed by atoms with van der Waals surface area (Å²) in [4.78, 5) is 46.5. The van der Waals surface area contributed by atoms with E-state index in [1.807, 2.05) is 58.0 Å². The Morgan fingerprint density at radius 1 is 1.06 bits per heavy atom. The third kappa shape index (κ3) is 5.91. The van der Waals surface area contributed by atoms with Gasteiger partial charge in [0.1, 0.15) is 11.2 Å². The van der Waals surface area contributed by atoms with E-state index in [0.29, 0.717) is 19.3 Å². The number of hydrogen-bond donors (Lipinski definition) is 3. The molecule has 36 heavy (non-hydrogen) atoms. The minimum absolute atomic E-state index is 0.0375. The maximum atomic E-state index is 13.2. The summed E-state index contributed by atoms with van der Waals surface area (Å²) in [5.41, 5.74) is 9.24. The van der Waals surface area contributed by atoms with Crippen molar-refractivity contribution in [3.8, 4) is 0 Å². The van der Waals surface area contributed by atoms with Crippen molar-refractivity contribution in [3.05, 3.63) is 60.2 Å². The first-order chi connectivity index (χ1) is 16.9. The number of carbonyl (C=O) groups is 3. The smallest absolute Gasteiger partial charge is 0.403 e. The van der Waals surface area contributed by atoms with E-state index in [2.05, 4.69) is 15.3 Å². The van der Waals surface area contributed by atoms with Gasteiger partial charge >= 0.3 is 7.12 Å². The molecule has 2 atom stereocenters. The topological polar surface area (TPSA) is 160 Å². The van der Waals surface area contributed by atoms with Gasteiger partial charge in [0.15, 0.2) is 0 Å². The molecule has 10 nitrogen and oxygen atoms in total. The molecule has 1 saturated heterocycles. The molecule has 5 N–H and O–H groups in total. The van der Waals surface area contributed by atoms with E-state index in [9.17, 15) is 14.4 Å². The summed E-state index contributed by atoms with van der Waals surface area (Å²) in [7, 11) is -0.945. The number of aryl methyl sites for hydroxylation is 1. The fourth-order valence-corrected chi connectivity index (χ4v) is 4.40. The number of primary amides is 2. The van der Waals surface area contributed by atoms with Crippen molar-refractivity contribution in [2.24, 2.45) is 11.5 Å². The van der Waals surface area contributed by atoms with Crippen LogP contribution in [0.25, 0.3) is 0 Å². The summed E-state index contributed by atoms with van der Waals surface area (Å²) < 4.78 is 12.6. The average Bonchev–Trinajstić information content (AvgIpc) is 3.03. The highest BCUT2D eigenvalue weighted by Crippen LogP contribution is 2.45. The zero-order chi connectivity index (χ0) is 26.6. The second-order valence-corrected chi connectivity index (χ2v) is 10.1. The Morgan fingerprint density at radius 3 is 2.22 bits per heavy atom. The molecule has 0 saturated carbocycles. The van der Waals surface area contributed by atoms with Gasteiger partial charge in [-0.1, -0.05) is 30.3 Å². The Balaban J connectivity index is 2.01. The molecule has 1 aliphatic rings. The number of benzene rings is 1. The van der Waals surface area contributed by atoms with Gasteiger partial charge in [-0.05, 0) is 52.5 Å². The minimum Gasteiger partial charge on any atom is -0.403 e. The van der Waals surface area contributed by atoms with Crippen molar-refractivity contribution in [2.75, 3.05) is 0 Å². The summed E-state index contributed by atoms with van der Waals surface area (Å²) in [5.74, 6) is -3.27. The Labute approximate surface area is 211 Å². The summed E-state index contributed by atoms with van der Waals surface area (Å²) >= 11 is 0. The lowest BCUT2D eigenvalue weighted by atomic mass is 9.57. The van der Waals surface area contributed by atoms with Gasteiger partial charge in [-0.3, -0.25) is 19.4 Å². The van der Waals surface area contributed by atoms with Crippen LogP contribution >= 0.6 is 0 Å². The number of carbonyl (C=O) groups excluding carboxylic acids is 3. The lowest BCUT2D eigenvalue weighted by Gasteiger charge is -2.39. The number of hydrogen-bond acceptors (Lipinski definition) is 7. The number of nitrogens with zero attached hydrogens (tertiary/aromatic N) is 2. The SMILES string of the molecule is CC1(C)OB([C@H](CCCc2ccccc2)C(CC(N)=O)(NC(=O)c2cnccn2)C(N)=O)OC1(C)C. The van der Waals surface area contributed by atoms with Crippen LogP contribution in [0.1, 0.15) is 63.0 Å². The molecule has 0 spiro atoms. The summed E-state index contributed by atoms with van der Waals surface area (Å²) in [5, 5.41) is 2.68. The first-order valence-corrected chi connectivity index (χ1v) is 11.9.